The van der Waals surface area contributed by atoms with Gasteiger partial charge in [-0.05, 0) is 42.2 Å². The van der Waals surface area contributed by atoms with E-state index in [9.17, 15) is 14.4 Å². The molecule has 0 unspecified atom stereocenters. The van der Waals surface area contributed by atoms with Crippen molar-refractivity contribution in [3.63, 3.8) is 0 Å². The Bertz CT molecular complexity index is 1440. The highest BCUT2D eigenvalue weighted by molar-refractivity contribution is 5.97. The van der Waals surface area contributed by atoms with Gasteiger partial charge in [0.05, 0.1) is 24.9 Å². The Kier molecular flexibility index (Phi) is 10.5. The number of ether oxygens (including phenoxy) is 2. The topological polar surface area (TPSA) is 103 Å². The highest BCUT2D eigenvalue weighted by Crippen LogP contribution is 2.28. The zero-order chi connectivity index (χ0) is 30.9. The summed E-state index contributed by atoms with van der Waals surface area (Å²) in [5.74, 6) is 0.458. The minimum Gasteiger partial charge on any atom is -0.496 e. The fourth-order valence-corrected chi connectivity index (χ4v) is 5.70. The van der Waals surface area contributed by atoms with Crippen LogP contribution in [0.5, 0.6) is 5.75 Å². The van der Waals surface area contributed by atoms with Gasteiger partial charge in [0.15, 0.2) is 0 Å². The second-order valence-corrected chi connectivity index (χ2v) is 11.3. The van der Waals surface area contributed by atoms with E-state index in [1.807, 2.05) is 72.8 Å². The number of piperazine rings is 1. The number of carbonyl (C=O) groups excluding carboxylic acids is 3. The van der Waals surface area contributed by atoms with Gasteiger partial charge in [0.1, 0.15) is 11.9 Å². The predicted octanol–water partition coefficient (Wildman–Crippen LogP) is 4.08. The molecule has 232 valence electrons. The molecule has 2 aliphatic heterocycles. The van der Waals surface area contributed by atoms with Crippen LogP contribution in [0.1, 0.15) is 28.8 Å². The summed E-state index contributed by atoms with van der Waals surface area (Å²) >= 11 is 0. The van der Waals surface area contributed by atoms with Crippen LogP contribution in [0.2, 0.25) is 0 Å². The van der Waals surface area contributed by atoms with E-state index in [0.717, 1.165) is 61.4 Å². The van der Waals surface area contributed by atoms with Crippen LogP contribution in [-0.4, -0.2) is 98.7 Å². The molecule has 44 heavy (non-hydrogen) atoms. The Morgan fingerprint density at radius 2 is 1.73 bits per heavy atom. The van der Waals surface area contributed by atoms with Crippen LogP contribution >= 0.6 is 0 Å². The van der Waals surface area contributed by atoms with Gasteiger partial charge >= 0.3 is 6.09 Å². The van der Waals surface area contributed by atoms with Crippen LogP contribution in [0.25, 0.3) is 11.1 Å². The molecule has 10 nitrogen and oxygen atoms in total. The zero-order valence-electron chi connectivity index (χ0n) is 25.5. The smallest absolute Gasteiger partial charge is 0.411 e. The number of nitrogens with zero attached hydrogens (tertiary/aromatic N) is 3. The number of methoxy groups -OCH3 is 1. The summed E-state index contributed by atoms with van der Waals surface area (Å²) in [6.45, 7) is 5.28. The summed E-state index contributed by atoms with van der Waals surface area (Å²) in [6, 6.07) is 23.3. The van der Waals surface area contributed by atoms with E-state index in [4.69, 9.17) is 9.47 Å². The van der Waals surface area contributed by atoms with Crippen LogP contribution < -0.4 is 15.4 Å². The van der Waals surface area contributed by atoms with Crippen molar-refractivity contribution in [2.45, 2.75) is 25.5 Å². The molecule has 2 saturated heterocycles. The quantitative estimate of drug-likeness (QED) is 0.362. The molecule has 0 radical (unpaired) electrons. The Balaban J connectivity index is 1.06. The average molecular weight is 600 g/mol. The maximum absolute atomic E-state index is 13.3. The molecular formula is C34H41N5O5. The Morgan fingerprint density at radius 3 is 2.48 bits per heavy atom. The van der Waals surface area contributed by atoms with Crippen molar-refractivity contribution in [1.82, 2.24) is 20.0 Å². The average Bonchev–Trinajstić information content (AvgIpc) is 3.04. The molecule has 0 aliphatic carbocycles. The number of amides is 3. The van der Waals surface area contributed by atoms with E-state index in [0.29, 0.717) is 37.5 Å². The van der Waals surface area contributed by atoms with E-state index in [2.05, 4.69) is 20.4 Å². The SMILES string of the molecule is COc1cc(CN2CCNC(=O)C2)ccc1C(=O)N(C)CCN1CCC(OC(=O)Nc2ccccc2-c2ccccc2)CC1. The van der Waals surface area contributed by atoms with E-state index in [-0.39, 0.29) is 17.9 Å². The molecule has 3 aromatic rings. The number of hydrogen-bond acceptors (Lipinski definition) is 7. The van der Waals surface area contributed by atoms with Crippen molar-refractivity contribution in [2.24, 2.45) is 0 Å². The number of carbonyl (C=O) groups is 3. The van der Waals surface area contributed by atoms with Gasteiger partial charge in [-0.1, -0.05) is 54.6 Å². The van der Waals surface area contributed by atoms with Crippen molar-refractivity contribution < 1.29 is 23.9 Å². The van der Waals surface area contributed by atoms with Crippen LogP contribution in [0.15, 0.2) is 72.8 Å². The molecule has 0 bridgehead atoms. The molecule has 3 amide bonds. The minimum atomic E-state index is -0.446. The van der Waals surface area contributed by atoms with Gasteiger partial charge in [-0.25, -0.2) is 4.79 Å². The normalized spacial score (nSPS) is 16.2. The van der Waals surface area contributed by atoms with Gasteiger partial charge in [-0.2, -0.15) is 0 Å². The fourth-order valence-electron chi connectivity index (χ4n) is 5.70. The number of likely N-dealkylation sites (tertiary alicyclic amines) is 1. The van der Waals surface area contributed by atoms with Crippen molar-refractivity contribution in [1.29, 1.82) is 0 Å². The summed E-state index contributed by atoms with van der Waals surface area (Å²) in [7, 11) is 3.37. The lowest BCUT2D eigenvalue weighted by Gasteiger charge is -2.32. The molecule has 2 fully saturated rings. The van der Waals surface area contributed by atoms with Crippen molar-refractivity contribution >= 4 is 23.6 Å². The highest BCUT2D eigenvalue weighted by Gasteiger charge is 2.24. The van der Waals surface area contributed by atoms with E-state index < -0.39 is 6.09 Å². The summed E-state index contributed by atoms with van der Waals surface area (Å²) in [5, 5.41) is 5.76. The van der Waals surface area contributed by atoms with Crippen LogP contribution in [-0.2, 0) is 16.1 Å². The number of benzene rings is 3. The highest BCUT2D eigenvalue weighted by atomic mass is 16.6. The van der Waals surface area contributed by atoms with E-state index in [1.165, 1.54) is 0 Å². The molecule has 0 atom stereocenters. The van der Waals surface area contributed by atoms with Gasteiger partial charge in [-0.3, -0.25) is 19.8 Å². The lowest BCUT2D eigenvalue weighted by atomic mass is 10.0. The third-order valence-corrected chi connectivity index (χ3v) is 8.18. The number of likely N-dealkylation sites (N-methyl/N-ethyl adjacent to an activating group) is 1. The van der Waals surface area contributed by atoms with Gasteiger partial charge in [0.25, 0.3) is 5.91 Å². The van der Waals surface area contributed by atoms with Crippen LogP contribution in [0, 0.1) is 0 Å². The minimum absolute atomic E-state index is 0.0274. The second-order valence-electron chi connectivity index (χ2n) is 11.3. The first kappa shape index (κ1) is 31.0. The summed E-state index contributed by atoms with van der Waals surface area (Å²) in [5.41, 5.74) is 4.20. The molecule has 0 aromatic heterocycles. The van der Waals surface area contributed by atoms with E-state index in [1.54, 1.807) is 19.1 Å². The lowest BCUT2D eigenvalue weighted by Crippen LogP contribution is -2.47. The standard InChI is InChI=1S/C34H41N5O5/c1-37(33(41)29-13-12-25(22-31(29)43-2)23-39-19-16-35-32(40)24-39)20-21-38-17-14-27(15-18-38)44-34(42)36-30-11-7-6-10-28(30)26-8-4-3-5-9-26/h3-13,22,27H,14-21,23-24H2,1-2H3,(H,35,40)(H,36,42). The fraction of sp³-hybridized carbons (Fsp3) is 0.382. The lowest BCUT2D eigenvalue weighted by molar-refractivity contribution is -0.124. The van der Waals surface area contributed by atoms with Gasteiger partial charge in [-0.15, -0.1) is 0 Å². The first-order valence-electron chi connectivity index (χ1n) is 15.2. The van der Waals surface area contributed by atoms with E-state index >= 15 is 0 Å². The predicted molar refractivity (Wildman–Crippen MR) is 170 cm³/mol. The number of rotatable bonds is 10. The Morgan fingerprint density at radius 1 is 0.977 bits per heavy atom. The summed E-state index contributed by atoms with van der Waals surface area (Å²) < 4.78 is 11.3. The number of piperidine rings is 1. The molecular weight excluding hydrogens is 558 g/mol. The molecule has 10 heteroatoms. The van der Waals surface area contributed by atoms with Crippen LogP contribution in [0.3, 0.4) is 0 Å². The maximum Gasteiger partial charge on any atom is 0.411 e. The molecule has 5 rings (SSSR count). The number of nitrogens with one attached hydrogen (secondary N) is 2. The van der Waals surface area contributed by atoms with Gasteiger partial charge < -0.3 is 24.6 Å². The number of anilines is 1. The third kappa shape index (κ3) is 8.15. The first-order valence-corrected chi connectivity index (χ1v) is 15.2. The first-order chi connectivity index (χ1) is 21.4. The second kappa shape index (κ2) is 14.9. The number of para-hydroxylation sites is 1. The molecule has 2 N–H and O–H groups in total. The molecule has 0 spiro atoms. The monoisotopic (exact) mass is 599 g/mol. The van der Waals surface area contributed by atoms with Gasteiger partial charge in [0.2, 0.25) is 5.91 Å². The van der Waals surface area contributed by atoms with Crippen LogP contribution in [0.4, 0.5) is 10.5 Å². The largest absolute Gasteiger partial charge is 0.496 e. The molecule has 2 aliphatic rings. The van der Waals surface area contributed by atoms with Crippen molar-refractivity contribution in [2.75, 3.05) is 65.3 Å². The van der Waals surface area contributed by atoms with Crippen molar-refractivity contribution in [3.8, 4) is 16.9 Å². The number of hydrogen-bond donors (Lipinski definition) is 2. The zero-order valence-corrected chi connectivity index (χ0v) is 25.5. The Hall–Kier alpha value is -4.41. The van der Waals surface area contributed by atoms with Gasteiger partial charge in [0, 0.05) is 58.4 Å². The third-order valence-electron chi connectivity index (χ3n) is 8.18. The molecule has 2 heterocycles. The van der Waals surface area contributed by atoms with Crippen molar-refractivity contribution in [3.05, 3.63) is 83.9 Å². The molecule has 3 aromatic carbocycles. The summed E-state index contributed by atoms with van der Waals surface area (Å²) in [4.78, 5) is 43.8. The molecule has 0 saturated carbocycles. The Labute approximate surface area is 258 Å². The summed E-state index contributed by atoms with van der Waals surface area (Å²) in [6.07, 6.45) is 0.869. The maximum atomic E-state index is 13.3.